The van der Waals surface area contributed by atoms with Gasteiger partial charge in [0.1, 0.15) is 0 Å². The zero-order chi connectivity index (χ0) is 19.2. The van der Waals surface area contributed by atoms with Crippen molar-refractivity contribution in [1.82, 2.24) is 0 Å². The van der Waals surface area contributed by atoms with Crippen molar-refractivity contribution < 1.29 is 14.3 Å². The number of amides is 1. The molecule has 2 rings (SSSR count). The van der Waals surface area contributed by atoms with Crippen LogP contribution in [0.4, 0.5) is 5.69 Å². The van der Waals surface area contributed by atoms with E-state index >= 15 is 0 Å². The number of hydrogen-bond donors (Lipinski definition) is 1. The number of thioether (sulfide) groups is 1. The monoisotopic (exact) mass is 371 g/mol. The number of nitrogens with one attached hydrogen (secondary N) is 1. The molecule has 138 valence electrons. The van der Waals surface area contributed by atoms with Crippen molar-refractivity contribution in [3.8, 4) is 0 Å². The Hall–Kier alpha value is -2.27. The molecule has 1 amide bonds. The van der Waals surface area contributed by atoms with Gasteiger partial charge in [-0.1, -0.05) is 45.0 Å². The van der Waals surface area contributed by atoms with Crippen LogP contribution in [0.5, 0.6) is 0 Å². The molecule has 2 aromatic carbocycles. The maximum atomic E-state index is 12.4. The Kier molecular flexibility index (Phi) is 6.86. The van der Waals surface area contributed by atoms with Crippen LogP contribution in [-0.2, 0) is 20.7 Å². The Balaban J connectivity index is 1.92. The summed E-state index contributed by atoms with van der Waals surface area (Å²) in [6.07, 6.45) is 0. The van der Waals surface area contributed by atoms with E-state index in [0.29, 0.717) is 11.3 Å². The van der Waals surface area contributed by atoms with Crippen molar-refractivity contribution in [3.05, 3.63) is 65.2 Å². The fourth-order valence-corrected chi connectivity index (χ4v) is 3.14. The Morgan fingerprint density at radius 2 is 1.62 bits per heavy atom. The van der Waals surface area contributed by atoms with Crippen LogP contribution in [0.1, 0.15) is 42.3 Å². The van der Waals surface area contributed by atoms with Crippen LogP contribution in [0.2, 0.25) is 0 Å². The molecular weight excluding hydrogens is 346 g/mol. The van der Waals surface area contributed by atoms with E-state index in [1.54, 1.807) is 0 Å². The van der Waals surface area contributed by atoms with E-state index in [9.17, 15) is 9.59 Å². The van der Waals surface area contributed by atoms with E-state index in [1.165, 1.54) is 24.4 Å². The summed E-state index contributed by atoms with van der Waals surface area (Å²) < 4.78 is 4.61. The number of methoxy groups -OCH3 is 1. The molecule has 0 radical (unpaired) electrons. The zero-order valence-electron chi connectivity index (χ0n) is 15.7. The highest BCUT2D eigenvalue weighted by atomic mass is 32.2. The van der Waals surface area contributed by atoms with Crippen LogP contribution < -0.4 is 5.32 Å². The second-order valence-electron chi connectivity index (χ2n) is 7.05. The van der Waals surface area contributed by atoms with Gasteiger partial charge in [0, 0.05) is 17.0 Å². The molecule has 0 unspecified atom stereocenters. The maximum absolute atomic E-state index is 12.4. The van der Waals surface area contributed by atoms with Gasteiger partial charge in [-0.3, -0.25) is 9.59 Å². The van der Waals surface area contributed by atoms with Crippen LogP contribution in [0.25, 0.3) is 0 Å². The summed E-state index contributed by atoms with van der Waals surface area (Å²) in [5, 5.41) is 2.91. The van der Waals surface area contributed by atoms with E-state index in [0.717, 1.165) is 17.0 Å². The summed E-state index contributed by atoms with van der Waals surface area (Å²) in [6.45, 7) is 6.44. The third kappa shape index (κ3) is 5.92. The first kappa shape index (κ1) is 20.0. The van der Waals surface area contributed by atoms with E-state index in [4.69, 9.17) is 0 Å². The first-order valence-corrected chi connectivity index (χ1v) is 9.60. The lowest BCUT2D eigenvalue weighted by atomic mass is 9.87. The summed E-state index contributed by atoms with van der Waals surface area (Å²) in [7, 11) is 1.39. The van der Waals surface area contributed by atoms with Crippen LogP contribution in [0.3, 0.4) is 0 Å². The molecule has 0 bridgehead atoms. The third-order valence-electron chi connectivity index (χ3n) is 3.94. The van der Waals surface area contributed by atoms with Crippen molar-refractivity contribution in [3.63, 3.8) is 0 Å². The minimum absolute atomic E-state index is 0.0662. The Morgan fingerprint density at radius 3 is 2.15 bits per heavy atom. The molecule has 0 aliphatic heterocycles. The van der Waals surface area contributed by atoms with Crippen LogP contribution in [-0.4, -0.2) is 24.7 Å². The van der Waals surface area contributed by atoms with Gasteiger partial charge in [-0.15, -0.1) is 11.8 Å². The molecule has 26 heavy (non-hydrogen) atoms. The first-order chi connectivity index (χ1) is 12.3. The van der Waals surface area contributed by atoms with Gasteiger partial charge in [-0.25, -0.2) is 0 Å². The minimum atomic E-state index is -0.226. The number of benzene rings is 2. The number of carbonyl (C=O) groups is 2. The van der Waals surface area contributed by atoms with Crippen molar-refractivity contribution in [2.75, 3.05) is 18.2 Å². The highest BCUT2D eigenvalue weighted by Gasteiger charge is 2.14. The third-order valence-corrected chi connectivity index (χ3v) is 4.92. The lowest BCUT2D eigenvalue weighted by Crippen LogP contribution is -2.14. The number of esters is 1. The van der Waals surface area contributed by atoms with Crippen LogP contribution >= 0.6 is 11.8 Å². The first-order valence-electron chi connectivity index (χ1n) is 8.45. The molecule has 0 aliphatic rings. The summed E-state index contributed by atoms with van der Waals surface area (Å²) in [4.78, 5) is 23.5. The van der Waals surface area contributed by atoms with Gasteiger partial charge in [0.25, 0.3) is 5.91 Å². The van der Waals surface area contributed by atoms with Crippen molar-refractivity contribution in [2.45, 2.75) is 31.9 Å². The van der Waals surface area contributed by atoms with Crippen molar-refractivity contribution in [1.29, 1.82) is 0 Å². The van der Waals surface area contributed by atoms with Gasteiger partial charge in [-0.05, 0) is 40.8 Å². The standard InChI is InChI=1S/C21H25NO3S/c1-21(2,3)17-9-7-16(8-10-17)20(24)22-18-11-5-15(6-12-18)13-26-14-19(23)25-4/h5-12H,13-14H2,1-4H3,(H,22,24). The van der Waals surface area contributed by atoms with Gasteiger partial charge in [-0.2, -0.15) is 0 Å². The molecule has 0 aromatic heterocycles. The topological polar surface area (TPSA) is 55.4 Å². The van der Waals surface area contributed by atoms with Crippen LogP contribution in [0.15, 0.2) is 48.5 Å². The van der Waals surface area contributed by atoms with Gasteiger partial charge >= 0.3 is 5.97 Å². The molecule has 0 heterocycles. The predicted molar refractivity (Wildman–Crippen MR) is 108 cm³/mol. The van der Waals surface area contributed by atoms with Crippen molar-refractivity contribution in [2.24, 2.45) is 0 Å². The average Bonchev–Trinajstić information content (AvgIpc) is 2.62. The molecule has 0 saturated heterocycles. The Bertz CT molecular complexity index is 746. The molecule has 5 heteroatoms. The molecular formula is C21H25NO3S. The normalized spacial score (nSPS) is 11.1. The molecule has 0 aliphatic carbocycles. The molecule has 0 spiro atoms. The number of anilines is 1. The van der Waals surface area contributed by atoms with Gasteiger partial charge in [0.05, 0.1) is 12.9 Å². The molecule has 4 nitrogen and oxygen atoms in total. The highest BCUT2D eigenvalue weighted by molar-refractivity contribution is 7.99. The van der Waals surface area contributed by atoms with E-state index in [2.05, 4.69) is 30.8 Å². The van der Waals surface area contributed by atoms with E-state index in [-0.39, 0.29) is 17.3 Å². The largest absolute Gasteiger partial charge is 0.468 e. The fraction of sp³-hybridized carbons (Fsp3) is 0.333. The van der Waals surface area contributed by atoms with Gasteiger partial charge < -0.3 is 10.1 Å². The highest BCUT2D eigenvalue weighted by Crippen LogP contribution is 2.22. The summed E-state index contributed by atoms with van der Waals surface area (Å²) in [5.41, 5.74) is 3.73. The lowest BCUT2D eigenvalue weighted by Gasteiger charge is -2.19. The number of rotatable bonds is 6. The van der Waals surface area contributed by atoms with Crippen molar-refractivity contribution >= 4 is 29.3 Å². The SMILES string of the molecule is COC(=O)CSCc1ccc(NC(=O)c2ccc(C(C)(C)C)cc2)cc1. The summed E-state index contributed by atoms with van der Waals surface area (Å²) in [6, 6.07) is 15.3. The molecule has 0 fully saturated rings. The predicted octanol–water partition coefficient (Wildman–Crippen LogP) is 4.64. The molecule has 0 saturated carbocycles. The minimum Gasteiger partial charge on any atom is -0.468 e. The summed E-state index contributed by atoms with van der Waals surface area (Å²) in [5.74, 6) is 0.701. The van der Waals surface area contributed by atoms with Gasteiger partial charge in [0.2, 0.25) is 0 Å². The second-order valence-corrected chi connectivity index (χ2v) is 8.03. The zero-order valence-corrected chi connectivity index (χ0v) is 16.5. The maximum Gasteiger partial charge on any atom is 0.315 e. The lowest BCUT2D eigenvalue weighted by molar-refractivity contribution is -0.137. The average molecular weight is 372 g/mol. The van der Waals surface area contributed by atoms with Gasteiger partial charge in [0.15, 0.2) is 0 Å². The van der Waals surface area contributed by atoms with E-state index < -0.39 is 0 Å². The summed E-state index contributed by atoms with van der Waals surface area (Å²) >= 11 is 1.50. The number of hydrogen-bond acceptors (Lipinski definition) is 4. The number of ether oxygens (including phenoxy) is 1. The smallest absolute Gasteiger partial charge is 0.315 e. The quantitative estimate of drug-likeness (QED) is 0.752. The fourth-order valence-electron chi connectivity index (χ4n) is 2.32. The van der Waals surface area contributed by atoms with Crippen LogP contribution in [0, 0.1) is 0 Å². The van der Waals surface area contributed by atoms with E-state index in [1.807, 2.05) is 48.5 Å². The molecule has 1 N–H and O–H groups in total. The Morgan fingerprint density at radius 1 is 1.00 bits per heavy atom. The Labute approximate surface area is 159 Å². The second kappa shape index (κ2) is 8.90. The molecule has 2 aromatic rings. The molecule has 0 atom stereocenters. The number of carbonyl (C=O) groups excluding carboxylic acids is 2.